The SMILES string of the molecule is CNCC(C)N1Cc2ccccc2C1. The van der Waals surface area contributed by atoms with Crippen molar-refractivity contribution in [2.75, 3.05) is 13.6 Å². The zero-order valence-corrected chi connectivity index (χ0v) is 8.96. The lowest BCUT2D eigenvalue weighted by molar-refractivity contribution is 0.210. The smallest absolute Gasteiger partial charge is 0.0243 e. The first-order valence-corrected chi connectivity index (χ1v) is 5.26. The van der Waals surface area contributed by atoms with Crippen LogP contribution in [0.4, 0.5) is 0 Å². The highest BCUT2D eigenvalue weighted by Gasteiger charge is 2.21. The van der Waals surface area contributed by atoms with Gasteiger partial charge in [-0.05, 0) is 25.1 Å². The van der Waals surface area contributed by atoms with Crippen molar-refractivity contribution in [1.82, 2.24) is 10.2 Å². The second-order valence-corrected chi connectivity index (χ2v) is 4.08. The molecule has 76 valence electrons. The van der Waals surface area contributed by atoms with Gasteiger partial charge in [0.2, 0.25) is 0 Å². The van der Waals surface area contributed by atoms with Gasteiger partial charge < -0.3 is 5.32 Å². The summed E-state index contributed by atoms with van der Waals surface area (Å²) in [5.74, 6) is 0. The van der Waals surface area contributed by atoms with E-state index in [0.717, 1.165) is 19.6 Å². The van der Waals surface area contributed by atoms with Gasteiger partial charge in [-0.2, -0.15) is 0 Å². The molecule has 0 radical (unpaired) electrons. The molecule has 1 aromatic carbocycles. The van der Waals surface area contributed by atoms with Crippen LogP contribution >= 0.6 is 0 Å². The van der Waals surface area contributed by atoms with E-state index in [4.69, 9.17) is 0 Å². The highest BCUT2D eigenvalue weighted by molar-refractivity contribution is 5.30. The number of nitrogens with zero attached hydrogens (tertiary/aromatic N) is 1. The highest BCUT2D eigenvalue weighted by Crippen LogP contribution is 2.23. The van der Waals surface area contributed by atoms with E-state index in [1.165, 1.54) is 11.1 Å². The van der Waals surface area contributed by atoms with Crippen LogP contribution < -0.4 is 5.32 Å². The summed E-state index contributed by atoms with van der Waals surface area (Å²) in [4.78, 5) is 2.52. The van der Waals surface area contributed by atoms with Gasteiger partial charge in [-0.3, -0.25) is 4.90 Å². The summed E-state index contributed by atoms with van der Waals surface area (Å²) < 4.78 is 0. The number of nitrogens with one attached hydrogen (secondary N) is 1. The number of rotatable bonds is 3. The third-order valence-electron chi connectivity index (χ3n) is 2.99. The first-order valence-electron chi connectivity index (χ1n) is 5.26. The Hall–Kier alpha value is -0.860. The molecule has 0 bridgehead atoms. The minimum absolute atomic E-state index is 0.618. The number of hydrogen-bond acceptors (Lipinski definition) is 2. The molecule has 0 aromatic heterocycles. The second kappa shape index (κ2) is 4.11. The lowest BCUT2D eigenvalue weighted by Gasteiger charge is -2.23. The van der Waals surface area contributed by atoms with Gasteiger partial charge in [0, 0.05) is 25.7 Å². The first-order chi connectivity index (χ1) is 6.81. The zero-order valence-electron chi connectivity index (χ0n) is 8.96. The molecule has 2 rings (SSSR count). The maximum absolute atomic E-state index is 3.23. The third-order valence-corrected chi connectivity index (χ3v) is 2.99. The molecule has 1 N–H and O–H groups in total. The minimum Gasteiger partial charge on any atom is -0.318 e. The van der Waals surface area contributed by atoms with Gasteiger partial charge in [-0.25, -0.2) is 0 Å². The lowest BCUT2D eigenvalue weighted by atomic mass is 10.1. The van der Waals surface area contributed by atoms with Crippen molar-refractivity contribution < 1.29 is 0 Å². The fourth-order valence-electron chi connectivity index (χ4n) is 2.10. The van der Waals surface area contributed by atoms with Gasteiger partial charge in [0.25, 0.3) is 0 Å². The van der Waals surface area contributed by atoms with E-state index in [0.29, 0.717) is 6.04 Å². The molecule has 1 aliphatic rings. The molecule has 0 aliphatic carbocycles. The topological polar surface area (TPSA) is 15.3 Å². The van der Waals surface area contributed by atoms with Crippen LogP contribution in [-0.2, 0) is 13.1 Å². The Labute approximate surface area is 85.9 Å². The van der Waals surface area contributed by atoms with Crippen molar-refractivity contribution in [1.29, 1.82) is 0 Å². The number of fused-ring (bicyclic) bond motifs is 1. The monoisotopic (exact) mass is 190 g/mol. The molecule has 2 heteroatoms. The van der Waals surface area contributed by atoms with Crippen molar-refractivity contribution in [2.45, 2.75) is 26.1 Å². The Kier molecular flexibility index (Phi) is 2.85. The molecule has 1 aromatic rings. The van der Waals surface area contributed by atoms with Crippen LogP contribution in [0.2, 0.25) is 0 Å². The number of likely N-dealkylation sites (N-methyl/N-ethyl adjacent to an activating group) is 1. The van der Waals surface area contributed by atoms with Gasteiger partial charge in [0.05, 0.1) is 0 Å². The summed E-state index contributed by atoms with van der Waals surface area (Å²) >= 11 is 0. The van der Waals surface area contributed by atoms with Crippen molar-refractivity contribution in [3.8, 4) is 0 Å². The summed E-state index contributed by atoms with van der Waals surface area (Å²) in [7, 11) is 2.01. The standard InChI is InChI=1S/C12H18N2/c1-10(7-13-2)14-8-11-5-3-4-6-12(11)9-14/h3-6,10,13H,7-9H2,1-2H3. The molecule has 1 heterocycles. The van der Waals surface area contributed by atoms with Crippen LogP contribution in [0.15, 0.2) is 24.3 Å². The van der Waals surface area contributed by atoms with Crippen molar-refractivity contribution >= 4 is 0 Å². The Morgan fingerprint density at radius 3 is 2.36 bits per heavy atom. The molecular formula is C12H18N2. The van der Waals surface area contributed by atoms with Gasteiger partial charge in [-0.15, -0.1) is 0 Å². The van der Waals surface area contributed by atoms with E-state index >= 15 is 0 Å². The van der Waals surface area contributed by atoms with Gasteiger partial charge in [0.15, 0.2) is 0 Å². The fraction of sp³-hybridized carbons (Fsp3) is 0.500. The molecule has 14 heavy (non-hydrogen) atoms. The molecule has 1 atom stereocenters. The normalized spacial score (nSPS) is 18.1. The summed E-state index contributed by atoms with van der Waals surface area (Å²) in [5, 5.41) is 3.23. The fourth-order valence-corrected chi connectivity index (χ4v) is 2.10. The van der Waals surface area contributed by atoms with Crippen molar-refractivity contribution in [3.63, 3.8) is 0 Å². The average Bonchev–Trinajstić information content (AvgIpc) is 2.61. The molecule has 0 saturated carbocycles. The molecule has 2 nitrogen and oxygen atoms in total. The maximum Gasteiger partial charge on any atom is 0.0243 e. The van der Waals surface area contributed by atoms with E-state index in [1.807, 2.05) is 7.05 Å². The van der Waals surface area contributed by atoms with Crippen LogP contribution in [0.25, 0.3) is 0 Å². The molecular weight excluding hydrogens is 172 g/mol. The number of benzene rings is 1. The van der Waals surface area contributed by atoms with Crippen LogP contribution in [0, 0.1) is 0 Å². The van der Waals surface area contributed by atoms with Gasteiger partial charge in [0.1, 0.15) is 0 Å². The molecule has 1 unspecified atom stereocenters. The Morgan fingerprint density at radius 1 is 1.29 bits per heavy atom. The molecule has 1 aliphatic heterocycles. The van der Waals surface area contributed by atoms with Crippen LogP contribution in [-0.4, -0.2) is 24.5 Å². The number of hydrogen-bond donors (Lipinski definition) is 1. The third kappa shape index (κ3) is 1.81. The van der Waals surface area contributed by atoms with Gasteiger partial charge in [-0.1, -0.05) is 24.3 Å². The summed E-state index contributed by atoms with van der Waals surface area (Å²) in [6.07, 6.45) is 0. The lowest BCUT2D eigenvalue weighted by Crippen LogP contribution is -2.35. The Morgan fingerprint density at radius 2 is 1.86 bits per heavy atom. The van der Waals surface area contributed by atoms with E-state index < -0.39 is 0 Å². The summed E-state index contributed by atoms with van der Waals surface area (Å²) in [5.41, 5.74) is 2.99. The predicted molar refractivity (Wildman–Crippen MR) is 59.1 cm³/mol. The van der Waals surface area contributed by atoms with Crippen molar-refractivity contribution in [2.24, 2.45) is 0 Å². The maximum atomic E-state index is 3.23. The van der Waals surface area contributed by atoms with E-state index in [1.54, 1.807) is 0 Å². The Balaban J connectivity index is 2.04. The Bertz CT molecular complexity index is 284. The molecule has 0 amide bonds. The summed E-state index contributed by atoms with van der Waals surface area (Å²) in [6, 6.07) is 9.35. The largest absolute Gasteiger partial charge is 0.318 e. The predicted octanol–water partition coefficient (Wildman–Crippen LogP) is 1.61. The van der Waals surface area contributed by atoms with E-state index in [2.05, 4.69) is 41.4 Å². The van der Waals surface area contributed by atoms with Crippen molar-refractivity contribution in [3.05, 3.63) is 35.4 Å². The second-order valence-electron chi connectivity index (χ2n) is 4.08. The van der Waals surface area contributed by atoms with E-state index in [-0.39, 0.29) is 0 Å². The van der Waals surface area contributed by atoms with Gasteiger partial charge >= 0.3 is 0 Å². The average molecular weight is 190 g/mol. The molecule has 0 spiro atoms. The zero-order chi connectivity index (χ0) is 9.97. The molecule has 0 saturated heterocycles. The van der Waals surface area contributed by atoms with Crippen LogP contribution in [0.5, 0.6) is 0 Å². The van der Waals surface area contributed by atoms with Crippen LogP contribution in [0.1, 0.15) is 18.1 Å². The minimum atomic E-state index is 0.618. The quantitative estimate of drug-likeness (QED) is 0.779. The molecule has 0 fully saturated rings. The highest BCUT2D eigenvalue weighted by atomic mass is 15.2. The van der Waals surface area contributed by atoms with Crippen LogP contribution in [0.3, 0.4) is 0 Å². The van der Waals surface area contributed by atoms with E-state index in [9.17, 15) is 0 Å². The summed E-state index contributed by atoms with van der Waals surface area (Å²) in [6.45, 7) is 5.56. The first kappa shape index (κ1) is 9.69.